The summed E-state index contributed by atoms with van der Waals surface area (Å²) < 4.78 is 1.52. The highest BCUT2D eigenvalue weighted by molar-refractivity contribution is 9.10. The maximum absolute atomic E-state index is 11.6. The SMILES string of the molecule is O=c1c([N+](=O)[O-])cc(Br)cn1CC(O)CBr. The summed E-state index contributed by atoms with van der Waals surface area (Å²) in [5.74, 6) is 0. The molecule has 0 spiro atoms. The van der Waals surface area contributed by atoms with Crippen LogP contribution in [0.25, 0.3) is 0 Å². The van der Waals surface area contributed by atoms with Gasteiger partial charge in [-0.25, -0.2) is 0 Å². The molecule has 0 saturated carbocycles. The summed E-state index contributed by atoms with van der Waals surface area (Å²) in [5, 5.41) is 20.2. The van der Waals surface area contributed by atoms with E-state index in [1.807, 2.05) is 0 Å². The average Bonchev–Trinajstić information content (AvgIpc) is 2.22. The van der Waals surface area contributed by atoms with Crippen LogP contribution in [-0.4, -0.2) is 26.0 Å². The van der Waals surface area contributed by atoms with Gasteiger partial charge < -0.3 is 9.67 Å². The molecular weight excluding hydrogens is 348 g/mol. The van der Waals surface area contributed by atoms with Crippen molar-refractivity contribution < 1.29 is 10.0 Å². The van der Waals surface area contributed by atoms with Gasteiger partial charge in [0, 0.05) is 22.1 Å². The van der Waals surface area contributed by atoms with Crippen molar-refractivity contribution in [2.75, 3.05) is 5.33 Å². The summed E-state index contributed by atoms with van der Waals surface area (Å²) in [5.41, 5.74) is -1.25. The molecule has 0 aliphatic heterocycles. The highest BCUT2D eigenvalue weighted by Gasteiger charge is 2.17. The number of pyridine rings is 1. The van der Waals surface area contributed by atoms with E-state index in [9.17, 15) is 20.0 Å². The molecule has 0 aliphatic carbocycles. The zero-order valence-electron chi connectivity index (χ0n) is 7.97. The Morgan fingerprint density at radius 1 is 1.62 bits per heavy atom. The van der Waals surface area contributed by atoms with Crippen molar-refractivity contribution in [1.82, 2.24) is 4.57 Å². The van der Waals surface area contributed by atoms with Crippen LogP contribution in [0.5, 0.6) is 0 Å². The van der Waals surface area contributed by atoms with Crippen LogP contribution in [0.15, 0.2) is 21.5 Å². The third-order valence-corrected chi connectivity index (χ3v) is 3.00. The van der Waals surface area contributed by atoms with Gasteiger partial charge in [-0.3, -0.25) is 14.9 Å². The van der Waals surface area contributed by atoms with Crippen molar-refractivity contribution in [1.29, 1.82) is 0 Å². The zero-order valence-corrected chi connectivity index (χ0v) is 11.1. The van der Waals surface area contributed by atoms with E-state index >= 15 is 0 Å². The maximum Gasteiger partial charge on any atom is 0.335 e. The highest BCUT2D eigenvalue weighted by atomic mass is 79.9. The molecule has 0 aliphatic rings. The molecule has 1 rings (SSSR count). The fraction of sp³-hybridized carbons (Fsp3) is 0.375. The van der Waals surface area contributed by atoms with Crippen LogP contribution in [0.1, 0.15) is 0 Å². The van der Waals surface area contributed by atoms with Crippen molar-refractivity contribution in [2.24, 2.45) is 0 Å². The molecule has 0 saturated heterocycles. The van der Waals surface area contributed by atoms with Gasteiger partial charge in [0.2, 0.25) is 0 Å². The number of hydrogen-bond acceptors (Lipinski definition) is 4. The van der Waals surface area contributed by atoms with Crippen LogP contribution in [0.3, 0.4) is 0 Å². The molecule has 1 aromatic rings. The summed E-state index contributed by atoms with van der Waals surface area (Å²) >= 11 is 6.12. The van der Waals surface area contributed by atoms with Crippen LogP contribution in [0.2, 0.25) is 0 Å². The Morgan fingerprint density at radius 3 is 2.75 bits per heavy atom. The van der Waals surface area contributed by atoms with Crippen LogP contribution in [-0.2, 0) is 6.54 Å². The Labute approximate surface area is 107 Å². The fourth-order valence-electron chi connectivity index (χ4n) is 1.13. The molecule has 0 aromatic carbocycles. The molecule has 8 heteroatoms. The van der Waals surface area contributed by atoms with Crippen LogP contribution < -0.4 is 5.56 Å². The van der Waals surface area contributed by atoms with Gasteiger partial charge in [0.05, 0.1) is 17.6 Å². The number of aromatic nitrogens is 1. The number of hydrogen-bond donors (Lipinski definition) is 1. The van der Waals surface area contributed by atoms with Crippen LogP contribution >= 0.6 is 31.9 Å². The molecule has 88 valence electrons. The number of halogens is 2. The number of rotatable bonds is 4. The first kappa shape index (κ1) is 13.3. The van der Waals surface area contributed by atoms with E-state index in [1.54, 1.807) is 0 Å². The van der Waals surface area contributed by atoms with E-state index in [4.69, 9.17) is 0 Å². The number of alkyl halides is 1. The van der Waals surface area contributed by atoms with Gasteiger partial charge in [0.15, 0.2) is 0 Å². The predicted octanol–water partition coefficient (Wildman–Crippen LogP) is 1.27. The smallest absolute Gasteiger partial charge is 0.335 e. The van der Waals surface area contributed by atoms with Crippen molar-refractivity contribution in [3.63, 3.8) is 0 Å². The molecule has 16 heavy (non-hydrogen) atoms. The lowest BCUT2D eigenvalue weighted by molar-refractivity contribution is -0.386. The molecule has 0 amide bonds. The predicted molar refractivity (Wildman–Crippen MR) is 64.9 cm³/mol. The van der Waals surface area contributed by atoms with Crippen molar-refractivity contribution in [3.05, 3.63) is 37.2 Å². The molecule has 1 N–H and O–H groups in total. The summed E-state index contributed by atoms with van der Waals surface area (Å²) in [4.78, 5) is 21.4. The molecule has 1 atom stereocenters. The third kappa shape index (κ3) is 3.13. The topological polar surface area (TPSA) is 85.4 Å². The van der Waals surface area contributed by atoms with Crippen molar-refractivity contribution in [3.8, 4) is 0 Å². The van der Waals surface area contributed by atoms with Crippen molar-refractivity contribution >= 4 is 37.5 Å². The summed E-state index contributed by atoms with van der Waals surface area (Å²) in [7, 11) is 0. The van der Waals surface area contributed by atoms with Crippen LogP contribution in [0.4, 0.5) is 5.69 Å². The van der Waals surface area contributed by atoms with E-state index in [0.717, 1.165) is 10.6 Å². The molecule has 6 nitrogen and oxygen atoms in total. The molecule has 1 heterocycles. The lowest BCUT2D eigenvalue weighted by Gasteiger charge is -2.09. The van der Waals surface area contributed by atoms with Gasteiger partial charge in [-0.05, 0) is 15.9 Å². The Bertz CT molecular complexity index is 460. The van der Waals surface area contributed by atoms with E-state index in [-0.39, 0.29) is 6.54 Å². The van der Waals surface area contributed by atoms with E-state index in [2.05, 4.69) is 31.9 Å². The first-order valence-electron chi connectivity index (χ1n) is 4.24. The monoisotopic (exact) mass is 354 g/mol. The van der Waals surface area contributed by atoms with Gasteiger partial charge in [-0.1, -0.05) is 15.9 Å². The maximum atomic E-state index is 11.6. The molecule has 1 unspecified atom stereocenters. The minimum Gasteiger partial charge on any atom is -0.390 e. The number of nitrogens with zero attached hydrogens (tertiary/aromatic N) is 2. The van der Waals surface area contributed by atoms with E-state index < -0.39 is 22.3 Å². The minimum atomic E-state index is -0.772. The van der Waals surface area contributed by atoms with Gasteiger partial charge in [-0.2, -0.15) is 0 Å². The lowest BCUT2D eigenvalue weighted by atomic mass is 10.3. The zero-order chi connectivity index (χ0) is 12.3. The Morgan fingerprint density at radius 2 is 2.25 bits per heavy atom. The first-order chi connectivity index (χ1) is 7.45. The summed E-state index contributed by atoms with van der Waals surface area (Å²) in [6.07, 6.45) is 0.632. The second-order valence-corrected chi connectivity index (χ2v) is 4.63. The largest absolute Gasteiger partial charge is 0.390 e. The molecule has 0 bridgehead atoms. The van der Waals surface area contributed by atoms with Gasteiger partial charge >= 0.3 is 11.2 Å². The lowest BCUT2D eigenvalue weighted by Crippen LogP contribution is -2.28. The minimum absolute atomic E-state index is 0.00433. The van der Waals surface area contributed by atoms with Crippen LogP contribution in [0, 0.1) is 10.1 Å². The normalized spacial score (nSPS) is 12.4. The highest BCUT2D eigenvalue weighted by Crippen LogP contribution is 2.14. The summed E-state index contributed by atoms with van der Waals surface area (Å²) in [6, 6.07) is 1.14. The van der Waals surface area contributed by atoms with Gasteiger partial charge in [0.1, 0.15) is 0 Å². The molecular formula is C8H8Br2N2O4. The quantitative estimate of drug-likeness (QED) is 0.500. The second kappa shape index (κ2) is 5.55. The number of aliphatic hydroxyl groups is 1. The van der Waals surface area contributed by atoms with Crippen molar-refractivity contribution in [2.45, 2.75) is 12.6 Å². The Balaban J connectivity index is 3.19. The Kier molecular flexibility index (Phi) is 4.63. The number of aliphatic hydroxyl groups excluding tert-OH is 1. The average molecular weight is 356 g/mol. The Hall–Kier alpha value is -0.730. The third-order valence-electron chi connectivity index (χ3n) is 1.82. The molecule has 0 fully saturated rings. The first-order valence-corrected chi connectivity index (χ1v) is 6.15. The fourth-order valence-corrected chi connectivity index (χ4v) is 1.80. The molecule has 1 aromatic heterocycles. The van der Waals surface area contributed by atoms with Gasteiger partial charge in [-0.15, -0.1) is 0 Å². The van der Waals surface area contributed by atoms with E-state index in [1.165, 1.54) is 6.20 Å². The second-order valence-electron chi connectivity index (χ2n) is 3.07. The van der Waals surface area contributed by atoms with Gasteiger partial charge in [0.25, 0.3) is 0 Å². The number of nitro groups is 1. The summed E-state index contributed by atoms with van der Waals surface area (Å²) in [6.45, 7) is 0.00433. The standard InChI is InChI=1S/C8H8Br2N2O4/c9-2-6(13)4-11-3-5(10)1-7(8(11)14)12(15)16/h1,3,6,13H,2,4H2. The molecule has 0 radical (unpaired) electrons. The van der Waals surface area contributed by atoms with E-state index in [0.29, 0.717) is 9.80 Å².